The van der Waals surface area contributed by atoms with Crippen molar-refractivity contribution >= 4 is 5.78 Å². The van der Waals surface area contributed by atoms with Crippen LogP contribution >= 0.6 is 0 Å². The lowest BCUT2D eigenvalue weighted by atomic mass is 10.4. The first-order chi connectivity index (χ1) is 7.34. The summed E-state index contributed by atoms with van der Waals surface area (Å²) in [5, 5.41) is 10.9. The van der Waals surface area contributed by atoms with Gasteiger partial charge in [0.1, 0.15) is 11.5 Å². The number of hydrogen-bond acceptors (Lipinski definition) is 5. The van der Waals surface area contributed by atoms with Crippen molar-refractivity contribution in [2.45, 2.75) is 6.92 Å². The van der Waals surface area contributed by atoms with E-state index in [1.54, 1.807) is 23.1 Å². The number of aromatic amines is 1. The zero-order valence-electron chi connectivity index (χ0n) is 7.92. The van der Waals surface area contributed by atoms with Gasteiger partial charge in [-0.3, -0.25) is 10.1 Å². The summed E-state index contributed by atoms with van der Waals surface area (Å²) >= 11 is 0. The van der Waals surface area contributed by atoms with Crippen LogP contribution in [0.1, 0.15) is 5.82 Å². The van der Waals surface area contributed by atoms with Crippen LogP contribution in [-0.4, -0.2) is 34.8 Å². The monoisotopic (exact) mass is 201 g/mol. The SMILES string of the molecule is Cc1nc2nnc(-c3cnccn3)n2[nH]1. The predicted octanol–water partition coefficient (Wildman–Crippen LogP) is 0.218. The van der Waals surface area contributed by atoms with Crippen molar-refractivity contribution in [2.24, 2.45) is 0 Å². The molecule has 74 valence electrons. The maximum atomic E-state index is 4.15. The molecule has 0 bridgehead atoms. The van der Waals surface area contributed by atoms with Crippen LogP contribution in [0.4, 0.5) is 0 Å². The molecule has 3 rings (SSSR count). The minimum atomic E-state index is 0.535. The molecular formula is C8H7N7. The predicted molar refractivity (Wildman–Crippen MR) is 50.9 cm³/mol. The molecule has 0 aliphatic heterocycles. The largest absolute Gasteiger partial charge is 0.276 e. The number of nitrogens with one attached hydrogen (secondary N) is 1. The number of fused-ring (bicyclic) bond motifs is 1. The van der Waals surface area contributed by atoms with Gasteiger partial charge in [0.15, 0.2) is 0 Å². The highest BCUT2D eigenvalue weighted by molar-refractivity contribution is 5.50. The quantitative estimate of drug-likeness (QED) is 0.608. The van der Waals surface area contributed by atoms with Crippen LogP contribution in [0.5, 0.6) is 0 Å². The van der Waals surface area contributed by atoms with Crippen LogP contribution in [0.3, 0.4) is 0 Å². The van der Waals surface area contributed by atoms with E-state index in [-0.39, 0.29) is 0 Å². The van der Waals surface area contributed by atoms with Gasteiger partial charge in [0.25, 0.3) is 5.78 Å². The van der Waals surface area contributed by atoms with E-state index in [0.717, 1.165) is 5.82 Å². The van der Waals surface area contributed by atoms with Crippen molar-refractivity contribution in [1.29, 1.82) is 0 Å². The Morgan fingerprint density at radius 1 is 1.27 bits per heavy atom. The van der Waals surface area contributed by atoms with E-state index < -0.39 is 0 Å². The van der Waals surface area contributed by atoms with Gasteiger partial charge in [-0.15, -0.1) is 10.2 Å². The normalized spacial score (nSPS) is 11.0. The first-order valence-electron chi connectivity index (χ1n) is 4.39. The molecule has 3 aromatic heterocycles. The van der Waals surface area contributed by atoms with E-state index >= 15 is 0 Å². The second-order valence-electron chi connectivity index (χ2n) is 3.06. The summed E-state index contributed by atoms with van der Waals surface area (Å²) in [6.45, 7) is 1.86. The fourth-order valence-corrected chi connectivity index (χ4v) is 1.37. The van der Waals surface area contributed by atoms with Crippen LogP contribution in [-0.2, 0) is 0 Å². The summed E-state index contributed by atoms with van der Waals surface area (Å²) < 4.78 is 1.68. The van der Waals surface area contributed by atoms with Crippen molar-refractivity contribution in [2.75, 3.05) is 0 Å². The van der Waals surface area contributed by atoms with Gasteiger partial charge in [-0.2, -0.15) is 9.50 Å². The molecule has 0 unspecified atom stereocenters. The lowest BCUT2D eigenvalue weighted by Crippen LogP contribution is -1.93. The number of rotatable bonds is 1. The first kappa shape index (κ1) is 8.04. The fourth-order valence-electron chi connectivity index (χ4n) is 1.37. The topological polar surface area (TPSA) is 84.7 Å². The summed E-state index contributed by atoms with van der Waals surface area (Å²) in [7, 11) is 0. The summed E-state index contributed by atoms with van der Waals surface area (Å²) in [6.07, 6.45) is 4.85. The van der Waals surface area contributed by atoms with Crippen molar-refractivity contribution in [3.63, 3.8) is 0 Å². The molecule has 7 nitrogen and oxygen atoms in total. The number of aryl methyl sites for hydroxylation is 1. The van der Waals surface area contributed by atoms with Crippen LogP contribution < -0.4 is 0 Å². The molecule has 1 N–H and O–H groups in total. The molecule has 15 heavy (non-hydrogen) atoms. The van der Waals surface area contributed by atoms with Crippen molar-refractivity contribution < 1.29 is 0 Å². The van der Waals surface area contributed by atoms with Gasteiger partial charge in [-0.25, -0.2) is 4.98 Å². The van der Waals surface area contributed by atoms with Gasteiger partial charge >= 0.3 is 0 Å². The summed E-state index contributed by atoms with van der Waals surface area (Å²) in [5.74, 6) is 1.93. The molecule has 0 radical (unpaired) electrons. The van der Waals surface area contributed by atoms with Gasteiger partial charge < -0.3 is 0 Å². The van der Waals surface area contributed by atoms with E-state index in [4.69, 9.17) is 0 Å². The van der Waals surface area contributed by atoms with Gasteiger partial charge in [-0.1, -0.05) is 0 Å². The summed E-state index contributed by atoms with van der Waals surface area (Å²) in [6, 6.07) is 0. The van der Waals surface area contributed by atoms with Crippen molar-refractivity contribution in [1.82, 2.24) is 34.8 Å². The Kier molecular flexibility index (Phi) is 1.52. The molecule has 0 spiro atoms. The van der Waals surface area contributed by atoms with E-state index in [9.17, 15) is 0 Å². The number of aromatic nitrogens is 7. The fraction of sp³-hybridized carbons (Fsp3) is 0.125. The first-order valence-corrected chi connectivity index (χ1v) is 4.39. The third-order valence-corrected chi connectivity index (χ3v) is 1.98. The highest BCUT2D eigenvalue weighted by Gasteiger charge is 2.11. The summed E-state index contributed by atoms with van der Waals surface area (Å²) in [4.78, 5) is 12.3. The maximum Gasteiger partial charge on any atom is 0.272 e. The molecule has 3 heterocycles. The highest BCUT2D eigenvalue weighted by Crippen LogP contribution is 2.12. The molecule has 0 aliphatic carbocycles. The summed E-state index contributed by atoms with van der Waals surface area (Å²) in [5.41, 5.74) is 0.661. The molecule has 0 amide bonds. The average molecular weight is 201 g/mol. The molecular weight excluding hydrogens is 194 g/mol. The highest BCUT2D eigenvalue weighted by atomic mass is 15.4. The zero-order valence-corrected chi connectivity index (χ0v) is 7.92. The van der Waals surface area contributed by atoms with Crippen molar-refractivity contribution in [3.8, 4) is 11.5 Å². The number of nitrogens with zero attached hydrogens (tertiary/aromatic N) is 6. The Balaban J connectivity index is 2.27. The molecule has 0 aliphatic rings. The van der Waals surface area contributed by atoms with Crippen molar-refractivity contribution in [3.05, 3.63) is 24.4 Å². The Morgan fingerprint density at radius 2 is 2.20 bits per heavy atom. The van der Waals surface area contributed by atoms with Gasteiger partial charge in [0, 0.05) is 12.4 Å². The second-order valence-corrected chi connectivity index (χ2v) is 3.06. The number of hydrogen-bond donors (Lipinski definition) is 1. The third kappa shape index (κ3) is 1.17. The lowest BCUT2D eigenvalue weighted by Gasteiger charge is -1.93. The maximum absolute atomic E-state index is 4.15. The van der Waals surface area contributed by atoms with Gasteiger partial charge in [-0.05, 0) is 6.92 Å². The van der Waals surface area contributed by atoms with E-state index in [0.29, 0.717) is 17.3 Å². The molecule has 0 saturated carbocycles. The smallest absolute Gasteiger partial charge is 0.272 e. The van der Waals surface area contributed by atoms with Gasteiger partial charge in [0.05, 0.1) is 6.20 Å². The van der Waals surface area contributed by atoms with E-state index in [1.807, 2.05) is 6.92 Å². The minimum absolute atomic E-state index is 0.535. The van der Waals surface area contributed by atoms with E-state index in [1.165, 1.54) is 0 Å². The Morgan fingerprint density at radius 3 is 3.00 bits per heavy atom. The molecule has 3 aromatic rings. The van der Waals surface area contributed by atoms with E-state index in [2.05, 4.69) is 30.2 Å². The minimum Gasteiger partial charge on any atom is -0.276 e. The Labute approximate surface area is 84.2 Å². The Hall–Kier alpha value is -2.31. The zero-order chi connectivity index (χ0) is 10.3. The molecule has 0 aromatic carbocycles. The van der Waals surface area contributed by atoms with Gasteiger partial charge in [0.2, 0.25) is 5.82 Å². The Bertz CT molecular complexity index is 594. The second kappa shape index (κ2) is 2.84. The van der Waals surface area contributed by atoms with Crippen LogP contribution in [0.15, 0.2) is 18.6 Å². The molecule has 0 saturated heterocycles. The van der Waals surface area contributed by atoms with Crippen LogP contribution in [0.25, 0.3) is 17.3 Å². The number of H-pyrrole nitrogens is 1. The molecule has 0 fully saturated rings. The lowest BCUT2D eigenvalue weighted by molar-refractivity contribution is 0.922. The van der Waals surface area contributed by atoms with Crippen LogP contribution in [0.2, 0.25) is 0 Å². The third-order valence-electron chi connectivity index (χ3n) is 1.98. The average Bonchev–Trinajstić information content (AvgIpc) is 2.77. The molecule has 7 heteroatoms. The molecule has 0 atom stereocenters. The van der Waals surface area contributed by atoms with Crippen LogP contribution in [0, 0.1) is 6.92 Å². The standard InChI is InChI=1S/C8H7N7/c1-5-11-8-13-12-7(15(8)14-5)6-4-9-2-3-10-6/h2-4H,1H3,(H,11,13,14).